The lowest BCUT2D eigenvalue weighted by Crippen LogP contribution is -2.42. The number of nitrogens with zero attached hydrogens (tertiary/aromatic N) is 4. The number of nitro groups is 1. The Kier molecular flexibility index (Phi) is 14.4. The molecule has 0 aliphatic heterocycles. The molecule has 0 aliphatic carbocycles. The van der Waals surface area contributed by atoms with Crippen LogP contribution in [-0.2, 0) is 11.3 Å². The fraction of sp³-hybridized carbons (Fsp3) is 0.417. The van der Waals surface area contributed by atoms with E-state index in [1.165, 1.54) is 29.2 Å². The Morgan fingerprint density at radius 3 is 2.06 bits per heavy atom. The molecule has 0 spiro atoms. The number of amides is 2. The Balaban J connectivity index is 0.00000544. The van der Waals surface area contributed by atoms with Crippen LogP contribution >= 0.6 is 12.4 Å². The summed E-state index contributed by atoms with van der Waals surface area (Å²) in [6.07, 6.45) is 0.732. The summed E-state index contributed by atoms with van der Waals surface area (Å²) in [5.41, 5.74) is 1.27. The number of likely N-dealkylation sites (N-methyl/N-ethyl adjacent to an activating group) is 1. The second-order valence-corrected chi connectivity index (χ2v) is 7.65. The van der Waals surface area contributed by atoms with E-state index < -0.39 is 4.92 Å². The molecule has 0 aliphatic rings. The van der Waals surface area contributed by atoms with Crippen LogP contribution < -0.4 is 0 Å². The summed E-state index contributed by atoms with van der Waals surface area (Å²) < 4.78 is 0. The topological polar surface area (TPSA) is 118 Å². The normalized spacial score (nSPS) is 10.1. The fourth-order valence-corrected chi connectivity index (χ4v) is 3.42. The van der Waals surface area contributed by atoms with Crippen molar-refractivity contribution in [1.29, 1.82) is 0 Å². The Hall–Kier alpha value is -3.01. The van der Waals surface area contributed by atoms with Gasteiger partial charge in [-0.1, -0.05) is 44.2 Å². The zero-order valence-electron chi connectivity index (χ0n) is 20.0. The predicted octanol–water partition coefficient (Wildman–Crippen LogP) is 3.02. The Morgan fingerprint density at radius 2 is 1.53 bits per heavy atom. The van der Waals surface area contributed by atoms with Gasteiger partial charge in [0.1, 0.15) is 6.54 Å². The second-order valence-electron chi connectivity index (χ2n) is 7.65. The van der Waals surface area contributed by atoms with Crippen LogP contribution in [0.25, 0.3) is 0 Å². The quantitative estimate of drug-likeness (QED) is 0.332. The molecule has 0 unspecified atom stereocenters. The van der Waals surface area contributed by atoms with Gasteiger partial charge in [0.2, 0.25) is 5.91 Å². The number of benzene rings is 2. The van der Waals surface area contributed by atoms with E-state index in [4.69, 9.17) is 0 Å². The van der Waals surface area contributed by atoms with Crippen LogP contribution in [0.5, 0.6) is 0 Å². The van der Waals surface area contributed by atoms with Gasteiger partial charge in [-0.15, -0.1) is 12.4 Å². The van der Waals surface area contributed by atoms with E-state index in [1.807, 2.05) is 30.3 Å². The lowest BCUT2D eigenvalue weighted by atomic mass is 10.1. The van der Waals surface area contributed by atoms with Crippen molar-refractivity contribution < 1.29 is 20.0 Å². The molecular formula is C24H35ClN4O5. The smallest absolute Gasteiger partial charge is 0.269 e. The average molecular weight is 495 g/mol. The molecule has 2 aromatic carbocycles. The minimum absolute atomic E-state index is 0. The van der Waals surface area contributed by atoms with Crippen LogP contribution in [0.3, 0.4) is 0 Å². The molecule has 2 amide bonds. The third-order valence-corrected chi connectivity index (χ3v) is 5.42. The van der Waals surface area contributed by atoms with Gasteiger partial charge in [-0.25, -0.2) is 0 Å². The van der Waals surface area contributed by atoms with Crippen molar-refractivity contribution in [3.63, 3.8) is 0 Å². The number of carbonyl (C=O) groups excluding carboxylic acids is 2. The molecule has 2 rings (SSSR count). The van der Waals surface area contributed by atoms with E-state index in [0.717, 1.165) is 31.6 Å². The first-order chi connectivity index (χ1) is 15.3. The monoisotopic (exact) mass is 494 g/mol. The summed E-state index contributed by atoms with van der Waals surface area (Å²) in [6, 6.07) is 15.2. The third-order valence-electron chi connectivity index (χ3n) is 5.42. The van der Waals surface area contributed by atoms with E-state index >= 15 is 0 Å². The minimum Gasteiger partial charge on any atom is -0.412 e. The molecule has 10 heteroatoms. The van der Waals surface area contributed by atoms with Gasteiger partial charge in [-0.2, -0.15) is 0 Å². The van der Waals surface area contributed by atoms with Crippen molar-refractivity contribution >= 4 is 29.9 Å². The number of hydrogen-bond donors (Lipinski definition) is 0. The van der Waals surface area contributed by atoms with Gasteiger partial charge in [0.05, 0.1) is 4.92 Å². The van der Waals surface area contributed by atoms with Crippen molar-refractivity contribution in [2.45, 2.75) is 26.8 Å². The van der Waals surface area contributed by atoms with Crippen LogP contribution in [0.1, 0.15) is 36.2 Å². The van der Waals surface area contributed by atoms with Gasteiger partial charge in [-0.05, 0) is 43.8 Å². The standard InChI is InChI=1S/C24H32N4O4.ClH.H2O/c1-4-26(5-2)16-9-17-27(24(30)21-12-14-22(15-13-21)28(31)32)19-23(29)25(3)18-20-10-7-6-8-11-20;;/h6-8,10-15H,4-5,9,16-19H2,1-3H3;1H;1H2. The van der Waals surface area contributed by atoms with Gasteiger partial charge in [0.15, 0.2) is 0 Å². The maximum absolute atomic E-state index is 13.1. The number of carbonyl (C=O) groups is 2. The minimum atomic E-state index is -0.502. The summed E-state index contributed by atoms with van der Waals surface area (Å²) in [7, 11) is 1.72. The van der Waals surface area contributed by atoms with E-state index in [1.54, 1.807) is 11.9 Å². The largest absolute Gasteiger partial charge is 0.412 e. The maximum Gasteiger partial charge on any atom is 0.269 e. The van der Waals surface area contributed by atoms with Crippen LogP contribution in [0.15, 0.2) is 54.6 Å². The molecular weight excluding hydrogens is 460 g/mol. The molecule has 0 atom stereocenters. The first-order valence-electron chi connectivity index (χ1n) is 10.9. The summed E-state index contributed by atoms with van der Waals surface area (Å²) >= 11 is 0. The number of non-ortho nitro benzene ring substituents is 1. The van der Waals surface area contributed by atoms with Gasteiger partial charge in [-0.3, -0.25) is 19.7 Å². The van der Waals surface area contributed by atoms with Crippen LogP contribution in [0, 0.1) is 10.1 Å². The number of halogens is 1. The van der Waals surface area contributed by atoms with Crippen LogP contribution in [-0.4, -0.2) is 76.7 Å². The molecule has 0 saturated carbocycles. The summed E-state index contributed by atoms with van der Waals surface area (Å²) in [4.78, 5) is 41.8. The Labute approximate surface area is 207 Å². The van der Waals surface area contributed by atoms with Crippen molar-refractivity contribution in [3.8, 4) is 0 Å². The average Bonchev–Trinajstić information content (AvgIpc) is 2.81. The highest BCUT2D eigenvalue weighted by Gasteiger charge is 2.21. The molecule has 2 aromatic rings. The molecule has 2 N–H and O–H groups in total. The zero-order valence-corrected chi connectivity index (χ0v) is 20.8. The van der Waals surface area contributed by atoms with Gasteiger partial charge < -0.3 is 20.2 Å². The Morgan fingerprint density at radius 1 is 0.941 bits per heavy atom. The van der Waals surface area contributed by atoms with Gasteiger partial charge in [0.25, 0.3) is 11.6 Å². The summed E-state index contributed by atoms with van der Waals surface area (Å²) in [6.45, 7) is 7.69. The molecule has 0 bridgehead atoms. The van der Waals surface area contributed by atoms with Gasteiger partial charge in [0, 0.05) is 37.8 Å². The fourth-order valence-electron chi connectivity index (χ4n) is 3.42. The lowest BCUT2D eigenvalue weighted by molar-refractivity contribution is -0.384. The lowest BCUT2D eigenvalue weighted by Gasteiger charge is -2.27. The Bertz CT molecular complexity index is 892. The second kappa shape index (κ2) is 15.8. The number of nitro benzene ring substituents is 1. The zero-order chi connectivity index (χ0) is 23.5. The molecule has 0 fully saturated rings. The molecule has 188 valence electrons. The number of rotatable bonds is 12. The van der Waals surface area contributed by atoms with Crippen LogP contribution in [0.2, 0.25) is 0 Å². The molecule has 9 nitrogen and oxygen atoms in total. The van der Waals surface area contributed by atoms with Crippen LogP contribution in [0.4, 0.5) is 5.69 Å². The van der Waals surface area contributed by atoms with Crippen molar-refractivity contribution in [2.75, 3.05) is 39.8 Å². The molecule has 0 aromatic heterocycles. The van der Waals surface area contributed by atoms with Crippen molar-refractivity contribution in [2.24, 2.45) is 0 Å². The van der Waals surface area contributed by atoms with Crippen molar-refractivity contribution in [3.05, 3.63) is 75.8 Å². The van der Waals surface area contributed by atoms with Crippen molar-refractivity contribution in [1.82, 2.24) is 14.7 Å². The van der Waals surface area contributed by atoms with E-state index in [0.29, 0.717) is 18.7 Å². The van der Waals surface area contributed by atoms with Gasteiger partial charge >= 0.3 is 0 Å². The molecule has 0 radical (unpaired) electrons. The number of hydrogen-bond acceptors (Lipinski definition) is 5. The highest BCUT2D eigenvalue weighted by Crippen LogP contribution is 2.14. The summed E-state index contributed by atoms with van der Waals surface area (Å²) in [5, 5.41) is 10.9. The summed E-state index contributed by atoms with van der Waals surface area (Å²) in [5.74, 6) is -0.465. The molecule has 0 saturated heterocycles. The van der Waals surface area contributed by atoms with E-state index in [2.05, 4.69) is 18.7 Å². The first kappa shape index (κ1) is 31.0. The maximum atomic E-state index is 13.1. The molecule has 34 heavy (non-hydrogen) atoms. The first-order valence-corrected chi connectivity index (χ1v) is 10.9. The molecule has 0 heterocycles. The highest BCUT2D eigenvalue weighted by atomic mass is 35.5. The third kappa shape index (κ3) is 9.46. The van der Waals surface area contributed by atoms with E-state index in [9.17, 15) is 19.7 Å². The van der Waals surface area contributed by atoms with E-state index in [-0.39, 0.29) is 41.9 Å². The highest BCUT2D eigenvalue weighted by molar-refractivity contribution is 5.96. The predicted molar refractivity (Wildman–Crippen MR) is 135 cm³/mol. The SMILES string of the molecule is CCN(CC)CCCN(CC(=O)N(C)Cc1ccccc1)C(=O)c1ccc([N+](=O)[O-])cc1.Cl.O.